The minimum Gasteiger partial charge on any atom is -0.324 e. The van der Waals surface area contributed by atoms with E-state index in [-0.39, 0.29) is 5.92 Å². The molecule has 1 rings (SSSR count). The molecular formula is C9H16N2O3. The van der Waals surface area contributed by atoms with Crippen molar-refractivity contribution in [3.8, 4) is 0 Å². The third-order valence-corrected chi connectivity index (χ3v) is 2.36. The fourth-order valence-electron chi connectivity index (χ4n) is 1.58. The normalized spacial score (nSPS) is 12.4. The van der Waals surface area contributed by atoms with Gasteiger partial charge in [0.2, 0.25) is 0 Å². The summed E-state index contributed by atoms with van der Waals surface area (Å²) in [6, 6.07) is 1.68. The van der Waals surface area contributed by atoms with Gasteiger partial charge in [-0.1, -0.05) is 13.8 Å². The third kappa shape index (κ3) is 2.12. The van der Waals surface area contributed by atoms with Crippen LogP contribution in [0.2, 0.25) is 0 Å². The van der Waals surface area contributed by atoms with Crippen molar-refractivity contribution in [2.75, 3.05) is 0 Å². The van der Waals surface area contributed by atoms with Gasteiger partial charge in [0.1, 0.15) is 0 Å². The van der Waals surface area contributed by atoms with Crippen molar-refractivity contribution in [1.29, 1.82) is 0 Å². The SMILES string of the molecule is CCC(CC)c1ccnn1C(O)(O)O. The summed E-state index contributed by atoms with van der Waals surface area (Å²) in [6.45, 7) is 4.00. The highest BCUT2D eigenvalue weighted by molar-refractivity contribution is 5.07. The summed E-state index contributed by atoms with van der Waals surface area (Å²) in [7, 11) is 0. The van der Waals surface area contributed by atoms with E-state index in [0.717, 1.165) is 17.5 Å². The van der Waals surface area contributed by atoms with Crippen LogP contribution in [0.3, 0.4) is 0 Å². The maximum absolute atomic E-state index is 9.01. The van der Waals surface area contributed by atoms with Crippen molar-refractivity contribution in [1.82, 2.24) is 9.78 Å². The van der Waals surface area contributed by atoms with Gasteiger partial charge in [-0.15, -0.1) is 0 Å². The van der Waals surface area contributed by atoms with Crippen molar-refractivity contribution in [2.24, 2.45) is 0 Å². The molecule has 0 saturated heterocycles. The third-order valence-electron chi connectivity index (χ3n) is 2.36. The topological polar surface area (TPSA) is 78.5 Å². The molecule has 0 unspecified atom stereocenters. The predicted octanol–water partition coefficient (Wildman–Crippen LogP) is 0.331. The number of nitrogens with zero attached hydrogens (tertiary/aromatic N) is 2. The van der Waals surface area contributed by atoms with E-state index in [1.165, 1.54) is 6.20 Å². The molecule has 1 aromatic heterocycles. The van der Waals surface area contributed by atoms with Gasteiger partial charge in [0.25, 0.3) is 0 Å². The summed E-state index contributed by atoms with van der Waals surface area (Å²) in [6.07, 6.45) is 0.253. The molecule has 0 amide bonds. The van der Waals surface area contributed by atoms with E-state index in [1.807, 2.05) is 13.8 Å². The molecular weight excluding hydrogens is 184 g/mol. The average molecular weight is 200 g/mol. The molecule has 14 heavy (non-hydrogen) atoms. The van der Waals surface area contributed by atoms with Crippen LogP contribution in [0.1, 0.15) is 38.3 Å². The van der Waals surface area contributed by atoms with Crippen molar-refractivity contribution >= 4 is 0 Å². The Morgan fingerprint density at radius 1 is 1.36 bits per heavy atom. The van der Waals surface area contributed by atoms with E-state index in [2.05, 4.69) is 5.10 Å². The summed E-state index contributed by atoms with van der Waals surface area (Å²) in [4.78, 5) is 0. The van der Waals surface area contributed by atoms with E-state index in [4.69, 9.17) is 15.3 Å². The van der Waals surface area contributed by atoms with Crippen LogP contribution >= 0.6 is 0 Å². The van der Waals surface area contributed by atoms with Crippen LogP contribution in [-0.2, 0) is 6.10 Å². The lowest BCUT2D eigenvalue weighted by molar-refractivity contribution is -0.382. The molecule has 0 spiro atoms. The lowest BCUT2D eigenvalue weighted by atomic mass is 9.99. The number of rotatable bonds is 4. The molecule has 5 nitrogen and oxygen atoms in total. The van der Waals surface area contributed by atoms with Crippen LogP contribution in [-0.4, -0.2) is 25.1 Å². The largest absolute Gasteiger partial charge is 0.389 e. The van der Waals surface area contributed by atoms with Crippen LogP contribution in [0.4, 0.5) is 0 Å². The highest BCUT2D eigenvalue weighted by Crippen LogP contribution is 2.24. The first-order valence-electron chi connectivity index (χ1n) is 4.72. The van der Waals surface area contributed by atoms with Crippen LogP contribution in [0, 0.1) is 0 Å². The zero-order valence-electron chi connectivity index (χ0n) is 8.38. The van der Waals surface area contributed by atoms with Gasteiger partial charge in [-0.3, -0.25) is 0 Å². The summed E-state index contributed by atoms with van der Waals surface area (Å²) in [5, 5.41) is 30.7. The Bertz CT molecular complexity index is 286. The zero-order chi connectivity index (χ0) is 10.8. The maximum Gasteiger partial charge on any atom is 0.389 e. The molecule has 80 valence electrons. The first-order valence-corrected chi connectivity index (χ1v) is 4.72. The van der Waals surface area contributed by atoms with E-state index in [1.54, 1.807) is 6.07 Å². The Morgan fingerprint density at radius 3 is 2.36 bits per heavy atom. The molecule has 1 aromatic rings. The van der Waals surface area contributed by atoms with Gasteiger partial charge in [-0.2, -0.15) is 9.78 Å². The number of aromatic nitrogens is 2. The zero-order valence-corrected chi connectivity index (χ0v) is 8.38. The molecule has 0 atom stereocenters. The quantitative estimate of drug-likeness (QED) is 0.612. The van der Waals surface area contributed by atoms with E-state index in [9.17, 15) is 0 Å². The van der Waals surface area contributed by atoms with Crippen molar-refractivity contribution < 1.29 is 15.3 Å². The summed E-state index contributed by atoms with van der Waals surface area (Å²) in [5.41, 5.74) is 0.627. The monoisotopic (exact) mass is 200 g/mol. The highest BCUT2D eigenvalue weighted by atomic mass is 16.7. The Labute approximate surface area is 82.6 Å². The van der Waals surface area contributed by atoms with Gasteiger partial charge < -0.3 is 15.3 Å². The molecule has 0 fully saturated rings. The maximum atomic E-state index is 9.01. The van der Waals surface area contributed by atoms with Gasteiger partial charge in [-0.05, 0) is 18.9 Å². The standard InChI is InChI=1S/C9H16N2O3/c1-3-7(4-2)8-5-6-10-11(8)9(12,13)14/h5-7,12-14H,3-4H2,1-2H3. The van der Waals surface area contributed by atoms with Crippen LogP contribution in [0.25, 0.3) is 0 Å². The molecule has 0 aliphatic heterocycles. The Kier molecular flexibility index (Phi) is 3.25. The molecule has 1 heterocycles. The van der Waals surface area contributed by atoms with E-state index in [0.29, 0.717) is 5.69 Å². The lowest BCUT2D eigenvalue weighted by Gasteiger charge is -2.20. The van der Waals surface area contributed by atoms with Crippen LogP contribution < -0.4 is 0 Å². The van der Waals surface area contributed by atoms with Crippen LogP contribution in [0.15, 0.2) is 12.3 Å². The lowest BCUT2D eigenvalue weighted by Crippen LogP contribution is -2.35. The summed E-state index contributed by atoms with van der Waals surface area (Å²) >= 11 is 0. The molecule has 0 saturated carbocycles. The van der Waals surface area contributed by atoms with Crippen molar-refractivity contribution in [3.05, 3.63) is 18.0 Å². The summed E-state index contributed by atoms with van der Waals surface area (Å²) in [5.74, 6) is 0.170. The second-order valence-corrected chi connectivity index (χ2v) is 3.28. The highest BCUT2D eigenvalue weighted by Gasteiger charge is 2.27. The summed E-state index contributed by atoms with van der Waals surface area (Å²) < 4.78 is 0.824. The van der Waals surface area contributed by atoms with Gasteiger partial charge in [0.05, 0.1) is 0 Å². The average Bonchev–Trinajstić information content (AvgIpc) is 2.54. The number of aliphatic hydroxyl groups is 3. The van der Waals surface area contributed by atoms with Gasteiger partial charge in [0.15, 0.2) is 0 Å². The van der Waals surface area contributed by atoms with Gasteiger partial charge in [-0.25, -0.2) is 0 Å². The van der Waals surface area contributed by atoms with Gasteiger partial charge in [0, 0.05) is 17.8 Å². The minimum atomic E-state index is -2.90. The van der Waals surface area contributed by atoms with Gasteiger partial charge >= 0.3 is 6.10 Å². The first kappa shape index (κ1) is 11.2. The van der Waals surface area contributed by atoms with Crippen LogP contribution in [0.5, 0.6) is 0 Å². The molecule has 0 aromatic carbocycles. The number of hydrogen-bond acceptors (Lipinski definition) is 4. The molecule has 0 bridgehead atoms. The second-order valence-electron chi connectivity index (χ2n) is 3.28. The smallest absolute Gasteiger partial charge is 0.324 e. The first-order chi connectivity index (χ1) is 6.50. The molecule has 3 N–H and O–H groups in total. The minimum absolute atomic E-state index is 0.170. The van der Waals surface area contributed by atoms with E-state index >= 15 is 0 Å². The van der Waals surface area contributed by atoms with Crippen molar-refractivity contribution in [3.63, 3.8) is 0 Å². The fourth-order valence-corrected chi connectivity index (χ4v) is 1.58. The number of hydrogen-bond donors (Lipinski definition) is 3. The Morgan fingerprint density at radius 2 is 1.93 bits per heavy atom. The molecule has 5 heteroatoms. The molecule has 0 aliphatic rings. The molecule has 0 aliphatic carbocycles. The Balaban J connectivity index is 3.03. The fraction of sp³-hybridized carbons (Fsp3) is 0.667. The van der Waals surface area contributed by atoms with Crippen molar-refractivity contribution in [2.45, 2.75) is 38.7 Å². The van der Waals surface area contributed by atoms with E-state index < -0.39 is 6.10 Å². The molecule has 0 radical (unpaired) electrons. The predicted molar refractivity (Wildman–Crippen MR) is 50.2 cm³/mol. The second kappa shape index (κ2) is 4.08. The Hall–Kier alpha value is -0.910.